The monoisotopic (exact) mass is 458 g/mol. The lowest BCUT2D eigenvalue weighted by Gasteiger charge is -2.14. The van der Waals surface area contributed by atoms with Gasteiger partial charge in [0.1, 0.15) is 17.9 Å². The van der Waals surface area contributed by atoms with Gasteiger partial charge in [-0.15, -0.1) is 6.58 Å². The number of nitrogens with one attached hydrogen (secondary N) is 1. The SMILES string of the molecule is C=CCc1c(OCC(=O)O)c([N+](=O)[O-])cc2c(NCc3ccc(OC)c(Cl)c3)ncnc12. The first-order valence-electron chi connectivity index (χ1n) is 9.32. The van der Waals surface area contributed by atoms with Crippen molar-refractivity contribution in [3.05, 3.63) is 69.5 Å². The minimum absolute atomic E-state index is 0.156. The van der Waals surface area contributed by atoms with E-state index in [2.05, 4.69) is 21.9 Å². The first-order chi connectivity index (χ1) is 15.3. The molecular weight excluding hydrogens is 440 g/mol. The lowest BCUT2D eigenvalue weighted by molar-refractivity contribution is -0.385. The molecule has 166 valence electrons. The number of hydrogen-bond acceptors (Lipinski definition) is 8. The molecule has 0 saturated heterocycles. The zero-order valence-corrected chi connectivity index (χ0v) is 17.8. The molecule has 0 fully saturated rings. The minimum atomic E-state index is -1.26. The topological polar surface area (TPSA) is 137 Å². The Morgan fingerprint density at radius 2 is 2.16 bits per heavy atom. The van der Waals surface area contributed by atoms with Gasteiger partial charge in [0, 0.05) is 18.2 Å². The molecule has 2 aromatic carbocycles. The second-order valence-electron chi connectivity index (χ2n) is 6.58. The first kappa shape index (κ1) is 22.8. The summed E-state index contributed by atoms with van der Waals surface area (Å²) in [5, 5.41) is 24.6. The average Bonchev–Trinajstić information content (AvgIpc) is 2.76. The molecule has 0 spiro atoms. The smallest absolute Gasteiger partial charge is 0.341 e. The van der Waals surface area contributed by atoms with Crippen LogP contribution in [0, 0.1) is 10.1 Å². The van der Waals surface area contributed by atoms with Crippen molar-refractivity contribution in [1.29, 1.82) is 0 Å². The molecule has 1 heterocycles. The number of fused-ring (bicyclic) bond motifs is 1. The summed E-state index contributed by atoms with van der Waals surface area (Å²) in [5.74, 6) is -0.509. The number of benzene rings is 2. The molecule has 2 N–H and O–H groups in total. The van der Waals surface area contributed by atoms with Crippen LogP contribution in [0.25, 0.3) is 10.9 Å². The van der Waals surface area contributed by atoms with Gasteiger partial charge in [-0.05, 0) is 24.1 Å². The summed E-state index contributed by atoms with van der Waals surface area (Å²) in [7, 11) is 1.52. The number of anilines is 1. The van der Waals surface area contributed by atoms with Crippen LogP contribution in [-0.4, -0.2) is 39.7 Å². The van der Waals surface area contributed by atoms with Gasteiger partial charge in [-0.25, -0.2) is 14.8 Å². The Labute approximate surface area is 187 Å². The summed E-state index contributed by atoms with van der Waals surface area (Å²) in [6.45, 7) is 3.27. The third-order valence-corrected chi connectivity index (χ3v) is 4.81. The fraction of sp³-hybridized carbons (Fsp3) is 0.190. The lowest BCUT2D eigenvalue weighted by atomic mass is 10.0. The number of carboxylic acid groups (broad SMARTS) is 1. The van der Waals surface area contributed by atoms with Crippen molar-refractivity contribution >= 4 is 40.0 Å². The summed E-state index contributed by atoms with van der Waals surface area (Å²) in [6.07, 6.45) is 3.02. The van der Waals surface area contributed by atoms with E-state index < -0.39 is 17.5 Å². The molecule has 0 atom stereocenters. The van der Waals surface area contributed by atoms with E-state index in [1.165, 1.54) is 25.6 Å². The highest BCUT2D eigenvalue weighted by molar-refractivity contribution is 6.32. The Morgan fingerprint density at radius 3 is 2.78 bits per heavy atom. The van der Waals surface area contributed by atoms with E-state index in [-0.39, 0.29) is 17.9 Å². The molecule has 0 bridgehead atoms. The molecule has 0 saturated carbocycles. The predicted octanol–water partition coefficient (Wildman–Crippen LogP) is 4.00. The normalized spacial score (nSPS) is 10.6. The predicted molar refractivity (Wildman–Crippen MR) is 119 cm³/mol. The maximum absolute atomic E-state index is 11.7. The average molecular weight is 459 g/mol. The summed E-state index contributed by atoms with van der Waals surface area (Å²) in [4.78, 5) is 30.5. The van der Waals surface area contributed by atoms with Gasteiger partial charge in [-0.3, -0.25) is 10.1 Å². The van der Waals surface area contributed by atoms with Crippen LogP contribution in [0.4, 0.5) is 11.5 Å². The van der Waals surface area contributed by atoms with Crippen molar-refractivity contribution in [3.8, 4) is 11.5 Å². The summed E-state index contributed by atoms with van der Waals surface area (Å²) in [6, 6.07) is 6.56. The second-order valence-corrected chi connectivity index (χ2v) is 6.98. The Bertz CT molecular complexity index is 1200. The van der Waals surface area contributed by atoms with E-state index in [0.29, 0.717) is 39.6 Å². The molecule has 0 aliphatic rings. The van der Waals surface area contributed by atoms with Crippen molar-refractivity contribution in [1.82, 2.24) is 9.97 Å². The summed E-state index contributed by atoms with van der Waals surface area (Å²) < 4.78 is 10.4. The number of halogens is 1. The number of aromatic nitrogens is 2. The third kappa shape index (κ3) is 4.86. The highest BCUT2D eigenvalue weighted by Gasteiger charge is 2.25. The number of nitro benzene ring substituents is 1. The van der Waals surface area contributed by atoms with Crippen molar-refractivity contribution in [2.24, 2.45) is 0 Å². The van der Waals surface area contributed by atoms with Crippen molar-refractivity contribution in [2.75, 3.05) is 19.0 Å². The van der Waals surface area contributed by atoms with E-state index in [0.717, 1.165) is 5.56 Å². The van der Waals surface area contributed by atoms with Crippen LogP contribution in [0.3, 0.4) is 0 Å². The van der Waals surface area contributed by atoms with Crippen molar-refractivity contribution in [3.63, 3.8) is 0 Å². The molecule has 0 amide bonds. The maximum Gasteiger partial charge on any atom is 0.341 e. The van der Waals surface area contributed by atoms with Gasteiger partial charge < -0.3 is 19.9 Å². The quantitative estimate of drug-likeness (QED) is 0.262. The fourth-order valence-electron chi connectivity index (χ4n) is 3.15. The van der Waals surface area contributed by atoms with Crippen LogP contribution in [0.5, 0.6) is 11.5 Å². The standard InChI is InChI=1S/C21H19ClN4O6/c1-3-4-13-19-14(8-16(26(29)30)20(13)32-10-18(27)28)21(25-11-24-19)23-9-12-5-6-17(31-2)15(22)7-12/h3,5-8,11H,1,4,9-10H2,2H3,(H,27,28)(H,23,24,25). The largest absolute Gasteiger partial charge is 0.495 e. The van der Waals surface area contributed by atoms with E-state index >= 15 is 0 Å². The number of nitrogens with zero attached hydrogens (tertiary/aromatic N) is 3. The summed E-state index contributed by atoms with van der Waals surface area (Å²) >= 11 is 6.17. The van der Waals surface area contributed by atoms with E-state index in [1.807, 2.05) is 6.07 Å². The zero-order chi connectivity index (χ0) is 23.3. The Balaban J connectivity index is 2.06. The molecule has 0 radical (unpaired) electrons. The van der Waals surface area contributed by atoms with Crippen molar-refractivity contribution in [2.45, 2.75) is 13.0 Å². The number of hydrogen-bond donors (Lipinski definition) is 2. The molecule has 0 aliphatic carbocycles. The molecule has 11 heteroatoms. The van der Waals surface area contributed by atoms with Gasteiger partial charge in [0.2, 0.25) is 5.75 Å². The number of carboxylic acids is 1. The van der Waals surface area contributed by atoms with Crippen LogP contribution >= 0.6 is 11.6 Å². The van der Waals surface area contributed by atoms with Gasteiger partial charge >= 0.3 is 11.7 Å². The second kappa shape index (κ2) is 9.92. The summed E-state index contributed by atoms with van der Waals surface area (Å²) in [5.41, 5.74) is 1.19. The number of nitro groups is 1. The number of ether oxygens (including phenoxy) is 2. The number of rotatable bonds is 10. The van der Waals surface area contributed by atoms with Crippen LogP contribution in [0.1, 0.15) is 11.1 Å². The molecule has 0 unspecified atom stereocenters. The van der Waals surface area contributed by atoms with Crippen molar-refractivity contribution < 1.29 is 24.3 Å². The van der Waals surface area contributed by atoms with E-state index in [4.69, 9.17) is 26.2 Å². The van der Waals surface area contributed by atoms with Crippen LogP contribution in [0.15, 0.2) is 43.2 Å². The molecule has 3 aromatic rings. The Kier molecular flexibility index (Phi) is 7.06. The number of carbonyl (C=O) groups is 1. The van der Waals surface area contributed by atoms with E-state index in [1.54, 1.807) is 12.1 Å². The lowest BCUT2D eigenvalue weighted by Crippen LogP contribution is -2.12. The molecule has 1 aromatic heterocycles. The van der Waals surface area contributed by atoms with Gasteiger partial charge in [0.05, 0.1) is 28.0 Å². The third-order valence-electron chi connectivity index (χ3n) is 4.52. The molecule has 32 heavy (non-hydrogen) atoms. The van der Waals surface area contributed by atoms with Gasteiger partial charge in [-0.2, -0.15) is 0 Å². The highest BCUT2D eigenvalue weighted by Crippen LogP contribution is 2.39. The van der Waals surface area contributed by atoms with Crippen LogP contribution in [0.2, 0.25) is 5.02 Å². The molecular formula is C21H19ClN4O6. The molecule has 0 aliphatic heterocycles. The number of methoxy groups -OCH3 is 1. The van der Waals surface area contributed by atoms with Gasteiger partial charge in [0.25, 0.3) is 0 Å². The highest BCUT2D eigenvalue weighted by atomic mass is 35.5. The number of allylic oxidation sites excluding steroid dienone is 1. The maximum atomic E-state index is 11.7. The molecule has 10 nitrogen and oxygen atoms in total. The zero-order valence-electron chi connectivity index (χ0n) is 17.0. The fourth-order valence-corrected chi connectivity index (χ4v) is 3.43. The van der Waals surface area contributed by atoms with E-state index in [9.17, 15) is 14.9 Å². The Hall–Kier alpha value is -3.92. The first-order valence-corrected chi connectivity index (χ1v) is 9.70. The minimum Gasteiger partial charge on any atom is -0.495 e. The van der Waals surface area contributed by atoms with Gasteiger partial charge in [0.15, 0.2) is 6.61 Å². The van der Waals surface area contributed by atoms with Crippen LogP contribution < -0.4 is 14.8 Å². The number of aliphatic carboxylic acids is 1. The van der Waals surface area contributed by atoms with Crippen LogP contribution in [-0.2, 0) is 17.8 Å². The Morgan fingerprint density at radius 1 is 1.38 bits per heavy atom. The molecule has 3 rings (SSSR count). The van der Waals surface area contributed by atoms with Gasteiger partial charge in [-0.1, -0.05) is 23.7 Å².